The number of thiazole rings is 1. The molecule has 0 bridgehead atoms. The van der Waals surface area contributed by atoms with E-state index in [9.17, 15) is 9.18 Å². The molecule has 0 aliphatic heterocycles. The summed E-state index contributed by atoms with van der Waals surface area (Å²) in [6, 6.07) is 9.42. The average molecular weight is 381 g/mol. The standard InChI is InChI=1S/C15H10BrFN2O2S/c1-21-9-3-5-12-13(7-9)22-15(18-12)19-14(20)10-6-8(17)2-4-11(10)16/h2-7H,1H3,(H,18,19,20). The minimum Gasteiger partial charge on any atom is -0.497 e. The Morgan fingerprint density at radius 1 is 1.32 bits per heavy atom. The van der Waals surface area contributed by atoms with Gasteiger partial charge < -0.3 is 4.74 Å². The minimum atomic E-state index is -0.470. The predicted octanol–water partition coefficient (Wildman–Crippen LogP) is 4.46. The van der Waals surface area contributed by atoms with Crippen LogP contribution in [-0.4, -0.2) is 18.0 Å². The van der Waals surface area contributed by atoms with Crippen molar-refractivity contribution in [1.82, 2.24) is 4.98 Å². The molecule has 1 aromatic heterocycles. The lowest BCUT2D eigenvalue weighted by Gasteiger charge is -2.04. The number of carbonyl (C=O) groups is 1. The SMILES string of the molecule is COc1ccc2nc(NC(=O)c3cc(F)ccc3Br)sc2c1. The van der Waals surface area contributed by atoms with Gasteiger partial charge in [-0.3, -0.25) is 10.1 Å². The topological polar surface area (TPSA) is 51.2 Å². The first-order valence-electron chi connectivity index (χ1n) is 6.28. The van der Waals surface area contributed by atoms with Crippen LogP contribution in [0.25, 0.3) is 10.2 Å². The van der Waals surface area contributed by atoms with E-state index < -0.39 is 11.7 Å². The van der Waals surface area contributed by atoms with Crippen LogP contribution in [0.5, 0.6) is 5.75 Å². The largest absolute Gasteiger partial charge is 0.497 e. The van der Waals surface area contributed by atoms with Crippen molar-refractivity contribution in [2.24, 2.45) is 0 Å². The highest BCUT2D eigenvalue weighted by Crippen LogP contribution is 2.29. The fourth-order valence-electron chi connectivity index (χ4n) is 1.92. The van der Waals surface area contributed by atoms with Gasteiger partial charge in [0, 0.05) is 4.47 Å². The second-order valence-corrected chi connectivity index (χ2v) is 6.32. The number of aromatic nitrogens is 1. The Balaban J connectivity index is 1.89. The number of hydrogen-bond acceptors (Lipinski definition) is 4. The van der Waals surface area contributed by atoms with Crippen molar-refractivity contribution in [3.8, 4) is 5.75 Å². The summed E-state index contributed by atoms with van der Waals surface area (Å²) in [5, 5.41) is 3.13. The summed E-state index contributed by atoms with van der Waals surface area (Å²) >= 11 is 4.56. The summed E-state index contributed by atoms with van der Waals surface area (Å²) in [7, 11) is 1.59. The van der Waals surface area contributed by atoms with Gasteiger partial charge in [-0.1, -0.05) is 11.3 Å². The third kappa shape index (κ3) is 2.95. The van der Waals surface area contributed by atoms with Gasteiger partial charge in [0.25, 0.3) is 5.91 Å². The average Bonchev–Trinajstić information content (AvgIpc) is 2.90. The van der Waals surface area contributed by atoms with Crippen LogP contribution in [0.1, 0.15) is 10.4 Å². The Morgan fingerprint density at radius 3 is 2.91 bits per heavy atom. The number of carbonyl (C=O) groups excluding carboxylic acids is 1. The van der Waals surface area contributed by atoms with Crippen LogP contribution in [-0.2, 0) is 0 Å². The number of hydrogen-bond donors (Lipinski definition) is 1. The number of benzene rings is 2. The number of anilines is 1. The van der Waals surface area contributed by atoms with Gasteiger partial charge in [0.2, 0.25) is 0 Å². The van der Waals surface area contributed by atoms with E-state index in [0.717, 1.165) is 16.0 Å². The molecule has 22 heavy (non-hydrogen) atoms. The van der Waals surface area contributed by atoms with Crippen LogP contribution in [0.15, 0.2) is 40.9 Å². The number of methoxy groups -OCH3 is 1. The number of rotatable bonds is 3. The van der Waals surface area contributed by atoms with E-state index in [-0.39, 0.29) is 5.56 Å². The van der Waals surface area contributed by atoms with E-state index in [1.165, 1.54) is 29.5 Å². The van der Waals surface area contributed by atoms with E-state index >= 15 is 0 Å². The second kappa shape index (κ2) is 6.02. The Hall–Kier alpha value is -1.99. The van der Waals surface area contributed by atoms with Crippen molar-refractivity contribution < 1.29 is 13.9 Å². The molecule has 0 saturated carbocycles. The van der Waals surface area contributed by atoms with Crippen molar-refractivity contribution in [2.75, 3.05) is 12.4 Å². The molecule has 0 aliphatic carbocycles. The molecule has 0 fully saturated rings. The number of halogens is 2. The van der Waals surface area contributed by atoms with Gasteiger partial charge in [0.1, 0.15) is 11.6 Å². The zero-order chi connectivity index (χ0) is 15.7. The Bertz CT molecular complexity index is 866. The van der Waals surface area contributed by atoms with Crippen molar-refractivity contribution in [3.63, 3.8) is 0 Å². The fraction of sp³-hybridized carbons (Fsp3) is 0.0667. The summed E-state index contributed by atoms with van der Waals surface area (Å²) in [5.41, 5.74) is 0.983. The van der Waals surface area contributed by atoms with Gasteiger partial charge in [-0.05, 0) is 52.3 Å². The molecule has 2 aromatic carbocycles. The summed E-state index contributed by atoms with van der Waals surface area (Å²) in [5.74, 6) is -0.165. The summed E-state index contributed by atoms with van der Waals surface area (Å²) in [4.78, 5) is 16.5. The maximum atomic E-state index is 13.3. The molecule has 0 saturated heterocycles. The number of amides is 1. The second-order valence-electron chi connectivity index (χ2n) is 4.43. The Labute approximate surface area is 138 Å². The molecule has 1 N–H and O–H groups in total. The summed E-state index contributed by atoms with van der Waals surface area (Å²) in [6.07, 6.45) is 0. The molecule has 0 atom stereocenters. The maximum absolute atomic E-state index is 13.3. The molecule has 112 valence electrons. The fourth-order valence-corrected chi connectivity index (χ4v) is 3.24. The molecule has 1 amide bonds. The zero-order valence-electron chi connectivity index (χ0n) is 11.4. The van der Waals surface area contributed by atoms with E-state index in [4.69, 9.17) is 4.74 Å². The van der Waals surface area contributed by atoms with Crippen LogP contribution in [0.3, 0.4) is 0 Å². The number of nitrogens with zero attached hydrogens (tertiary/aromatic N) is 1. The van der Waals surface area contributed by atoms with Gasteiger partial charge in [0.05, 0.1) is 22.9 Å². The van der Waals surface area contributed by atoms with Crippen molar-refractivity contribution in [2.45, 2.75) is 0 Å². The highest BCUT2D eigenvalue weighted by atomic mass is 79.9. The molecular weight excluding hydrogens is 371 g/mol. The molecule has 0 unspecified atom stereocenters. The summed E-state index contributed by atoms with van der Waals surface area (Å²) < 4.78 is 19.8. The minimum absolute atomic E-state index is 0.219. The normalized spacial score (nSPS) is 10.7. The third-order valence-electron chi connectivity index (χ3n) is 2.99. The number of fused-ring (bicyclic) bond motifs is 1. The van der Waals surface area contributed by atoms with Crippen molar-refractivity contribution in [3.05, 3.63) is 52.3 Å². The van der Waals surface area contributed by atoms with E-state index in [0.29, 0.717) is 9.60 Å². The van der Waals surface area contributed by atoms with Gasteiger partial charge in [-0.15, -0.1) is 0 Å². The monoisotopic (exact) mass is 380 g/mol. The molecule has 4 nitrogen and oxygen atoms in total. The molecular formula is C15H10BrFN2O2S. The molecule has 3 rings (SSSR count). The zero-order valence-corrected chi connectivity index (χ0v) is 13.8. The van der Waals surface area contributed by atoms with E-state index in [2.05, 4.69) is 26.2 Å². The van der Waals surface area contributed by atoms with Gasteiger partial charge >= 0.3 is 0 Å². The molecule has 7 heteroatoms. The first-order chi connectivity index (χ1) is 10.6. The van der Waals surface area contributed by atoms with Crippen molar-refractivity contribution >= 4 is 48.5 Å². The van der Waals surface area contributed by atoms with Crippen molar-refractivity contribution in [1.29, 1.82) is 0 Å². The lowest BCUT2D eigenvalue weighted by Crippen LogP contribution is -2.12. The first-order valence-corrected chi connectivity index (χ1v) is 7.89. The molecule has 1 heterocycles. The predicted molar refractivity (Wildman–Crippen MR) is 88.2 cm³/mol. The molecule has 3 aromatic rings. The third-order valence-corrected chi connectivity index (χ3v) is 4.61. The van der Waals surface area contributed by atoms with Crippen LogP contribution in [0.2, 0.25) is 0 Å². The molecule has 0 radical (unpaired) electrons. The first kappa shape index (κ1) is 14.9. The highest BCUT2D eigenvalue weighted by molar-refractivity contribution is 9.10. The quantitative estimate of drug-likeness (QED) is 0.729. The smallest absolute Gasteiger partial charge is 0.258 e. The summed E-state index contributed by atoms with van der Waals surface area (Å²) in [6.45, 7) is 0. The molecule has 0 aliphatic rings. The van der Waals surface area contributed by atoms with E-state index in [1.54, 1.807) is 13.2 Å². The lowest BCUT2D eigenvalue weighted by atomic mass is 10.2. The van der Waals surface area contributed by atoms with Gasteiger partial charge in [-0.2, -0.15) is 0 Å². The van der Waals surface area contributed by atoms with Crippen LogP contribution < -0.4 is 10.1 Å². The lowest BCUT2D eigenvalue weighted by molar-refractivity contribution is 0.102. The van der Waals surface area contributed by atoms with Gasteiger partial charge in [0.15, 0.2) is 5.13 Å². The Morgan fingerprint density at radius 2 is 2.14 bits per heavy atom. The van der Waals surface area contributed by atoms with Crippen LogP contribution >= 0.6 is 27.3 Å². The maximum Gasteiger partial charge on any atom is 0.258 e. The Kier molecular flexibility index (Phi) is 4.08. The van der Waals surface area contributed by atoms with Crippen LogP contribution in [0, 0.1) is 5.82 Å². The van der Waals surface area contributed by atoms with E-state index in [1.807, 2.05) is 12.1 Å². The molecule has 0 spiro atoms. The highest BCUT2D eigenvalue weighted by Gasteiger charge is 2.14. The number of ether oxygens (including phenoxy) is 1. The van der Waals surface area contributed by atoms with Gasteiger partial charge in [-0.25, -0.2) is 9.37 Å². The number of nitrogens with one attached hydrogen (secondary N) is 1. The van der Waals surface area contributed by atoms with Crippen LogP contribution in [0.4, 0.5) is 9.52 Å².